The topological polar surface area (TPSA) is 80.5 Å². The summed E-state index contributed by atoms with van der Waals surface area (Å²) >= 11 is 1.49. The fraction of sp³-hybridized carbons (Fsp3) is 0.765. The molecule has 0 spiro atoms. The van der Waals surface area contributed by atoms with Gasteiger partial charge in [0.05, 0.1) is 17.9 Å². The summed E-state index contributed by atoms with van der Waals surface area (Å²) in [7, 11) is 0. The van der Waals surface area contributed by atoms with Gasteiger partial charge in [-0.25, -0.2) is 4.98 Å². The largest absolute Gasteiger partial charge is 0.373 e. The van der Waals surface area contributed by atoms with Crippen LogP contribution >= 0.6 is 11.3 Å². The average Bonchev–Trinajstić information content (AvgIpc) is 3.08. The van der Waals surface area contributed by atoms with E-state index in [4.69, 9.17) is 10.5 Å². The highest BCUT2D eigenvalue weighted by atomic mass is 32.1. The Morgan fingerprint density at radius 1 is 1.42 bits per heavy atom. The number of rotatable bonds is 5. The minimum absolute atomic E-state index is 0.0341. The molecular weight excluding hydrogens is 324 g/mol. The van der Waals surface area contributed by atoms with Gasteiger partial charge in [-0.05, 0) is 32.6 Å². The van der Waals surface area contributed by atoms with Crippen LogP contribution in [0.2, 0.25) is 0 Å². The lowest BCUT2D eigenvalue weighted by atomic mass is 10.00. The van der Waals surface area contributed by atoms with E-state index in [0.717, 1.165) is 44.6 Å². The third kappa shape index (κ3) is 4.75. The van der Waals surface area contributed by atoms with Crippen LogP contribution in [0.3, 0.4) is 0 Å². The standard InChI is InChI=1S/C17H28N4O2S/c1-11-7-21(8-12(2)23-11)9-14-10-24-17(19-14)20-16(22)6-13-4-3-5-15(13)18/h10-13,15H,3-9,18H2,1-2H3,(H,19,20,22)/t11?,12?,13-,15+/m0/s1. The molecule has 2 fully saturated rings. The van der Waals surface area contributed by atoms with Crippen LogP contribution < -0.4 is 11.1 Å². The molecule has 1 aliphatic carbocycles. The first-order valence-electron chi connectivity index (χ1n) is 8.87. The quantitative estimate of drug-likeness (QED) is 0.849. The van der Waals surface area contributed by atoms with Gasteiger partial charge in [0.25, 0.3) is 0 Å². The third-order valence-corrected chi connectivity index (χ3v) is 5.65. The Morgan fingerprint density at radius 3 is 2.83 bits per heavy atom. The highest BCUT2D eigenvalue weighted by molar-refractivity contribution is 7.13. The van der Waals surface area contributed by atoms with Crippen molar-refractivity contribution in [2.24, 2.45) is 11.7 Å². The summed E-state index contributed by atoms with van der Waals surface area (Å²) in [5.41, 5.74) is 7.05. The smallest absolute Gasteiger partial charge is 0.226 e. The number of thiazole rings is 1. The summed E-state index contributed by atoms with van der Waals surface area (Å²) < 4.78 is 5.76. The van der Waals surface area contributed by atoms with Crippen LogP contribution in [-0.2, 0) is 16.1 Å². The Morgan fingerprint density at radius 2 is 2.17 bits per heavy atom. The van der Waals surface area contributed by atoms with Crippen molar-refractivity contribution < 1.29 is 9.53 Å². The highest BCUT2D eigenvalue weighted by Gasteiger charge is 2.26. The summed E-state index contributed by atoms with van der Waals surface area (Å²) in [5.74, 6) is 0.354. The van der Waals surface area contributed by atoms with Gasteiger partial charge >= 0.3 is 0 Å². The molecule has 4 atom stereocenters. The van der Waals surface area contributed by atoms with Gasteiger partial charge in [0.2, 0.25) is 5.91 Å². The fourth-order valence-electron chi connectivity index (χ4n) is 3.81. The zero-order chi connectivity index (χ0) is 17.1. The number of aromatic nitrogens is 1. The molecule has 0 aromatic carbocycles. The van der Waals surface area contributed by atoms with E-state index in [0.29, 0.717) is 17.5 Å². The maximum absolute atomic E-state index is 12.2. The van der Waals surface area contributed by atoms with Crippen molar-refractivity contribution in [3.8, 4) is 0 Å². The van der Waals surface area contributed by atoms with Crippen LogP contribution in [0, 0.1) is 5.92 Å². The number of morpholine rings is 1. The summed E-state index contributed by atoms with van der Waals surface area (Å²) in [6, 6.07) is 0.174. The summed E-state index contributed by atoms with van der Waals surface area (Å²) in [4.78, 5) is 19.1. The summed E-state index contributed by atoms with van der Waals surface area (Å²) in [5, 5.41) is 5.65. The van der Waals surface area contributed by atoms with Crippen LogP contribution in [-0.4, -0.2) is 47.1 Å². The molecule has 134 valence electrons. The molecule has 6 nitrogen and oxygen atoms in total. The zero-order valence-corrected chi connectivity index (χ0v) is 15.3. The lowest BCUT2D eigenvalue weighted by Gasteiger charge is -2.34. The van der Waals surface area contributed by atoms with E-state index in [1.54, 1.807) is 0 Å². The number of anilines is 1. The molecule has 3 rings (SSSR count). The Hall–Kier alpha value is -1.02. The second kappa shape index (κ2) is 7.91. The molecule has 24 heavy (non-hydrogen) atoms. The van der Waals surface area contributed by atoms with E-state index in [2.05, 4.69) is 29.0 Å². The van der Waals surface area contributed by atoms with E-state index in [9.17, 15) is 4.79 Å². The maximum atomic E-state index is 12.2. The molecule has 1 saturated heterocycles. The van der Waals surface area contributed by atoms with Crippen molar-refractivity contribution in [1.82, 2.24) is 9.88 Å². The SMILES string of the molecule is CC1CN(Cc2csc(NC(=O)C[C@@H]3CCC[C@H]3N)n2)CC(C)O1. The van der Waals surface area contributed by atoms with Crippen LogP contribution in [0.4, 0.5) is 5.13 Å². The maximum Gasteiger partial charge on any atom is 0.226 e. The molecule has 2 unspecified atom stereocenters. The molecule has 2 aliphatic rings. The molecule has 0 radical (unpaired) electrons. The Kier molecular flexibility index (Phi) is 5.86. The van der Waals surface area contributed by atoms with Crippen molar-refractivity contribution in [1.29, 1.82) is 0 Å². The van der Waals surface area contributed by atoms with Crippen molar-refractivity contribution in [2.45, 2.75) is 64.3 Å². The first-order valence-corrected chi connectivity index (χ1v) is 9.75. The number of hydrogen-bond acceptors (Lipinski definition) is 6. The lowest BCUT2D eigenvalue weighted by molar-refractivity contribution is -0.117. The molecule has 1 aromatic heterocycles. The van der Waals surface area contributed by atoms with Gasteiger partial charge in [-0.1, -0.05) is 6.42 Å². The number of nitrogens with two attached hydrogens (primary N) is 1. The molecular formula is C17H28N4O2S. The Labute approximate surface area is 147 Å². The molecule has 1 aromatic rings. The van der Waals surface area contributed by atoms with Gasteiger partial charge in [0, 0.05) is 37.5 Å². The van der Waals surface area contributed by atoms with Gasteiger partial charge in [-0.15, -0.1) is 11.3 Å². The van der Waals surface area contributed by atoms with Gasteiger partial charge < -0.3 is 15.8 Å². The molecule has 1 amide bonds. The van der Waals surface area contributed by atoms with Gasteiger partial charge in [0.15, 0.2) is 5.13 Å². The van der Waals surface area contributed by atoms with Crippen LogP contribution in [0.1, 0.15) is 45.2 Å². The average molecular weight is 353 g/mol. The summed E-state index contributed by atoms with van der Waals surface area (Å²) in [6.45, 7) is 6.84. The minimum Gasteiger partial charge on any atom is -0.373 e. The molecule has 3 N–H and O–H groups in total. The molecule has 1 saturated carbocycles. The Balaban J connectivity index is 1.49. The second-order valence-electron chi connectivity index (χ2n) is 7.20. The Bertz CT molecular complexity index is 555. The summed E-state index contributed by atoms with van der Waals surface area (Å²) in [6.07, 6.45) is 4.25. The van der Waals surface area contributed by atoms with E-state index in [-0.39, 0.29) is 24.2 Å². The van der Waals surface area contributed by atoms with Gasteiger partial charge in [0.1, 0.15) is 0 Å². The first kappa shape index (κ1) is 17.8. The monoisotopic (exact) mass is 352 g/mol. The van der Waals surface area contributed by atoms with Crippen molar-refractivity contribution in [3.05, 3.63) is 11.1 Å². The van der Waals surface area contributed by atoms with Crippen LogP contribution in [0.25, 0.3) is 0 Å². The van der Waals surface area contributed by atoms with Crippen LogP contribution in [0.5, 0.6) is 0 Å². The van der Waals surface area contributed by atoms with Crippen molar-refractivity contribution in [2.75, 3.05) is 18.4 Å². The predicted molar refractivity (Wildman–Crippen MR) is 96.0 cm³/mol. The fourth-order valence-corrected chi connectivity index (χ4v) is 4.52. The predicted octanol–water partition coefficient (Wildman–Crippen LogP) is 2.21. The number of carbonyl (C=O) groups is 1. The first-order chi connectivity index (χ1) is 11.5. The number of nitrogens with one attached hydrogen (secondary N) is 1. The number of carbonyl (C=O) groups excluding carboxylic acids is 1. The minimum atomic E-state index is 0.0341. The number of nitrogens with zero attached hydrogens (tertiary/aromatic N) is 2. The molecule has 1 aliphatic heterocycles. The van der Waals surface area contributed by atoms with Gasteiger partial charge in [-0.3, -0.25) is 9.69 Å². The third-order valence-electron chi connectivity index (χ3n) is 4.84. The van der Waals surface area contributed by atoms with Crippen molar-refractivity contribution >= 4 is 22.4 Å². The van der Waals surface area contributed by atoms with E-state index >= 15 is 0 Å². The van der Waals surface area contributed by atoms with Gasteiger partial charge in [-0.2, -0.15) is 0 Å². The molecule has 7 heteroatoms. The molecule has 2 heterocycles. The molecule has 0 bridgehead atoms. The number of amides is 1. The van der Waals surface area contributed by atoms with Crippen LogP contribution in [0.15, 0.2) is 5.38 Å². The zero-order valence-electron chi connectivity index (χ0n) is 14.5. The lowest BCUT2D eigenvalue weighted by Crippen LogP contribution is -2.44. The second-order valence-corrected chi connectivity index (χ2v) is 8.06. The number of hydrogen-bond donors (Lipinski definition) is 2. The van der Waals surface area contributed by atoms with E-state index < -0.39 is 0 Å². The van der Waals surface area contributed by atoms with Crippen molar-refractivity contribution in [3.63, 3.8) is 0 Å². The normalized spacial score (nSPS) is 31.3. The number of ether oxygens (including phenoxy) is 1. The highest BCUT2D eigenvalue weighted by Crippen LogP contribution is 2.27. The van der Waals surface area contributed by atoms with E-state index in [1.165, 1.54) is 11.3 Å². The van der Waals surface area contributed by atoms with E-state index in [1.807, 2.05) is 5.38 Å².